The van der Waals surface area contributed by atoms with E-state index < -0.39 is 11.9 Å². The second-order valence-corrected chi connectivity index (χ2v) is 13.3. The number of rotatable bonds is 9. The summed E-state index contributed by atoms with van der Waals surface area (Å²) in [5.74, 6) is 0.798. The zero-order valence-corrected chi connectivity index (χ0v) is 28.5. The van der Waals surface area contributed by atoms with Crippen molar-refractivity contribution in [3.63, 3.8) is 0 Å². The molecule has 4 aromatic rings. The van der Waals surface area contributed by atoms with Crippen LogP contribution in [0.15, 0.2) is 69.6 Å². The molecule has 8 heteroatoms. The van der Waals surface area contributed by atoms with Crippen LogP contribution in [0.4, 0.5) is 0 Å². The molecule has 0 aromatic heterocycles. The summed E-state index contributed by atoms with van der Waals surface area (Å²) in [4.78, 5) is 11.4. The summed E-state index contributed by atoms with van der Waals surface area (Å²) in [5, 5.41) is 20.9. The highest BCUT2D eigenvalue weighted by Crippen LogP contribution is 2.50. The Hall–Kier alpha value is -3.49. The number of phenols is 1. The molecule has 0 saturated carbocycles. The molecule has 0 bridgehead atoms. The maximum Gasteiger partial charge on any atom is 0.307 e. The molecule has 1 atom stereocenters. The Kier molecular flexibility index (Phi) is 9.82. The van der Waals surface area contributed by atoms with Gasteiger partial charge in [-0.15, -0.1) is 0 Å². The molecule has 1 unspecified atom stereocenters. The molecule has 0 aliphatic rings. The third kappa shape index (κ3) is 7.02. The number of carboxylic acid groups (broad SMARTS) is 1. The number of hydrogen-bond donors (Lipinski definition) is 2. The first-order valence-electron chi connectivity index (χ1n) is 13.8. The second-order valence-electron chi connectivity index (χ2n) is 11.6. The number of carboxylic acids is 1. The summed E-state index contributed by atoms with van der Waals surface area (Å²) in [7, 11) is 3.19. The summed E-state index contributed by atoms with van der Waals surface area (Å²) in [6.45, 7) is 10.3. The number of halogens is 2. The van der Waals surface area contributed by atoms with E-state index in [4.69, 9.17) is 14.2 Å². The molecule has 0 radical (unpaired) electrons. The van der Waals surface area contributed by atoms with Gasteiger partial charge in [-0.05, 0) is 98.1 Å². The third-order valence-electron chi connectivity index (χ3n) is 7.36. The SMILES string of the molecule is COc1cc(C(c2cccc(C)c2)c2c(C)ccc(OC)c2O)c(Oc2c(Br)cc(CC(=O)O)cc2Br)cc1C(C)(C)C. The first kappa shape index (κ1) is 32.4. The third-order valence-corrected chi connectivity index (χ3v) is 8.54. The van der Waals surface area contributed by atoms with Gasteiger partial charge in [-0.2, -0.15) is 0 Å². The number of hydrogen-bond acceptors (Lipinski definition) is 5. The van der Waals surface area contributed by atoms with Crippen molar-refractivity contribution in [2.75, 3.05) is 14.2 Å². The number of aliphatic carboxylic acids is 1. The van der Waals surface area contributed by atoms with E-state index in [1.54, 1.807) is 25.3 Å². The molecular formula is C35H36Br2O6. The smallest absolute Gasteiger partial charge is 0.307 e. The molecule has 0 fully saturated rings. The lowest BCUT2D eigenvalue weighted by Crippen LogP contribution is -2.15. The van der Waals surface area contributed by atoms with E-state index in [-0.39, 0.29) is 17.6 Å². The van der Waals surface area contributed by atoms with Gasteiger partial charge in [-0.3, -0.25) is 4.79 Å². The van der Waals surface area contributed by atoms with Gasteiger partial charge >= 0.3 is 5.97 Å². The van der Waals surface area contributed by atoms with Crippen LogP contribution in [0, 0.1) is 13.8 Å². The Morgan fingerprint density at radius 3 is 2.09 bits per heavy atom. The molecule has 0 amide bonds. The summed E-state index contributed by atoms with van der Waals surface area (Å²) < 4.78 is 19.4. The number of methoxy groups -OCH3 is 2. The van der Waals surface area contributed by atoms with E-state index in [1.807, 2.05) is 50.2 Å². The standard InChI is InChI=1S/C35H36Br2O6/c1-19-9-8-10-22(13-19)32(31-20(2)11-12-27(41-6)33(31)40)23-17-29(42-7)24(35(3,4)5)18-28(23)43-34-25(36)14-21(15-26(34)37)16-30(38)39/h8-15,17-18,32,40H,16H2,1-7H3,(H,38,39). The summed E-state index contributed by atoms with van der Waals surface area (Å²) in [6.07, 6.45) is -0.122. The number of phenolic OH excluding ortho intramolecular Hbond substituents is 1. The normalized spacial score (nSPS) is 12.1. The summed E-state index contributed by atoms with van der Waals surface area (Å²) >= 11 is 7.21. The first-order valence-corrected chi connectivity index (χ1v) is 15.4. The minimum Gasteiger partial charge on any atom is -0.504 e. The van der Waals surface area contributed by atoms with Crippen molar-refractivity contribution < 1.29 is 29.2 Å². The van der Waals surface area contributed by atoms with Gasteiger partial charge in [0.15, 0.2) is 17.2 Å². The van der Waals surface area contributed by atoms with E-state index >= 15 is 0 Å². The van der Waals surface area contributed by atoms with Gasteiger partial charge in [0.05, 0.1) is 29.6 Å². The average Bonchev–Trinajstić information content (AvgIpc) is 2.92. The number of aryl methyl sites for hydroxylation is 2. The Morgan fingerprint density at radius 1 is 0.884 bits per heavy atom. The van der Waals surface area contributed by atoms with Crippen LogP contribution in [-0.2, 0) is 16.6 Å². The van der Waals surface area contributed by atoms with Crippen LogP contribution in [0.2, 0.25) is 0 Å². The van der Waals surface area contributed by atoms with Crippen molar-refractivity contribution in [1.29, 1.82) is 0 Å². The lowest BCUT2D eigenvalue weighted by molar-refractivity contribution is -0.136. The lowest BCUT2D eigenvalue weighted by Gasteiger charge is -2.29. The van der Waals surface area contributed by atoms with Gasteiger partial charge < -0.3 is 24.4 Å². The van der Waals surface area contributed by atoms with Gasteiger partial charge in [-0.25, -0.2) is 0 Å². The highest BCUT2D eigenvalue weighted by molar-refractivity contribution is 9.11. The minimum atomic E-state index is -0.922. The van der Waals surface area contributed by atoms with Crippen LogP contribution < -0.4 is 14.2 Å². The lowest BCUT2D eigenvalue weighted by atomic mass is 9.79. The van der Waals surface area contributed by atoms with E-state index in [1.165, 1.54) is 7.11 Å². The maximum atomic E-state index is 11.6. The largest absolute Gasteiger partial charge is 0.504 e. The van der Waals surface area contributed by atoms with Crippen molar-refractivity contribution in [3.8, 4) is 28.7 Å². The van der Waals surface area contributed by atoms with E-state index in [2.05, 4.69) is 58.7 Å². The van der Waals surface area contributed by atoms with Gasteiger partial charge in [0.1, 0.15) is 11.5 Å². The highest BCUT2D eigenvalue weighted by atomic mass is 79.9. The Labute approximate surface area is 269 Å². The molecule has 0 aliphatic heterocycles. The molecule has 2 N–H and O–H groups in total. The van der Waals surface area contributed by atoms with Crippen LogP contribution in [0.1, 0.15) is 65.6 Å². The Morgan fingerprint density at radius 2 is 1.53 bits per heavy atom. The van der Waals surface area contributed by atoms with E-state index in [9.17, 15) is 15.0 Å². The molecule has 6 nitrogen and oxygen atoms in total. The van der Waals surface area contributed by atoms with Crippen molar-refractivity contribution >= 4 is 37.8 Å². The zero-order chi connectivity index (χ0) is 31.6. The van der Waals surface area contributed by atoms with Crippen LogP contribution in [0.3, 0.4) is 0 Å². The summed E-state index contributed by atoms with van der Waals surface area (Å²) in [6, 6.07) is 19.3. The molecule has 0 spiro atoms. The molecular weight excluding hydrogens is 676 g/mol. The van der Waals surface area contributed by atoms with Crippen LogP contribution in [-0.4, -0.2) is 30.4 Å². The van der Waals surface area contributed by atoms with Gasteiger partial charge in [0, 0.05) is 22.6 Å². The zero-order valence-electron chi connectivity index (χ0n) is 25.3. The fourth-order valence-corrected chi connectivity index (χ4v) is 6.75. The number of carbonyl (C=O) groups is 1. The van der Waals surface area contributed by atoms with Gasteiger partial charge in [0.2, 0.25) is 0 Å². The summed E-state index contributed by atoms with van der Waals surface area (Å²) in [5.41, 5.74) is 5.66. The van der Waals surface area contributed by atoms with Crippen molar-refractivity contribution in [2.45, 2.75) is 52.4 Å². The predicted molar refractivity (Wildman–Crippen MR) is 176 cm³/mol. The molecule has 43 heavy (non-hydrogen) atoms. The number of benzene rings is 4. The molecule has 4 rings (SSSR count). The van der Waals surface area contributed by atoms with Gasteiger partial charge in [-0.1, -0.05) is 56.7 Å². The molecule has 0 aliphatic carbocycles. The fraction of sp³-hybridized carbons (Fsp3) is 0.286. The van der Waals surface area contributed by atoms with Crippen LogP contribution in [0.5, 0.6) is 28.7 Å². The number of ether oxygens (including phenoxy) is 3. The Balaban J connectivity index is 2.07. The van der Waals surface area contributed by atoms with E-state index in [0.29, 0.717) is 43.1 Å². The minimum absolute atomic E-state index is 0.0548. The predicted octanol–water partition coefficient (Wildman–Crippen LogP) is 9.45. The average molecular weight is 712 g/mol. The van der Waals surface area contributed by atoms with Crippen molar-refractivity contribution in [3.05, 3.63) is 109 Å². The first-order chi connectivity index (χ1) is 20.2. The number of aromatic hydroxyl groups is 1. The molecule has 226 valence electrons. The molecule has 0 saturated heterocycles. The maximum absolute atomic E-state index is 11.6. The second kappa shape index (κ2) is 13.0. The van der Waals surface area contributed by atoms with Crippen molar-refractivity contribution in [1.82, 2.24) is 0 Å². The van der Waals surface area contributed by atoms with Gasteiger partial charge in [0.25, 0.3) is 0 Å². The van der Waals surface area contributed by atoms with Crippen molar-refractivity contribution in [2.24, 2.45) is 0 Å². The fourth-order valence-electron chi connectivity index (χ4n) is 5.31. The quantitative estimate of drug-likeness (QED) is 0.168. The Bertz CT molecular complexity index is 1650. The topological polar surface area (TPSA) is 85.2 Å². The highest BCUT2D eigenvalue weighted by Gasteiger charge is 2.31. The molecule has 0 heterocycles. The molecule has 4 aromatic carbocycles. The van der Waals surface area contributed by atoms with Crippen LogP contribution in [0.25, 0.3) is 0 Å². The van der Waals surface area contributed by atoms with E-state index in [0.717, 1.165) is 27.8 Å². The monoisotopic (exact) mass is 710 g/mol. The van der Waals surface area contributed by atoms with Crippen LogP contribution >= 0.6 is 31.9 Å².